The zero-order chi connectivity index (χ0) is 10.1. The molecule has 1 aromatic carbocycles. The summed E-state index contributed by atoms with van der Waals surface area (Å²) in [6, 6.07) is 10.1. The number of hydrogen-bond acceptors (Lipinski definition) is 3. The Morgan fingerprint density at radius 1 is 1.27 bits per heavy atom. The summed E-state index contributed by atoms with van der Waals surface area (Å²) in [6.45, 7) is 2.26. The molecule has 1 saturated heterocycles. The second-order valence-electron chi connectivity index (χ2n) is 4.25. The second kappa shape index (κ2) is 4.16. The van der Waals surface area contributed by atoms with Gasteiger partial charge in [-0.1, -0.05) is 18.2 Å². The second-order valence-corrected chi connectivity index (χ2v) is 5.39. The average molecular weight is 220 g/mol. The first-order chi connectivity index (χ1) is 7.43. The number of thioether (sulfide) groups is 1. The molecule has 0 aromatic heterocycles. The average Bonchev–Trinajstić information content (AvgIpc) is 2.23. The molecule has 0 amide bonds. The van der Waals surface area contributed by atoms with Gasteiger partial charge in [0.2, 0.25) is 0 Å². The molecule has 1 aromatic rings. The number of benzene rings is 1. The predicted octanol–water partition coefficient (Wildman–Crippen LogP) is 1.78. The maximum atomic E-state index is 3.74. The molecule has 0 aliphatic carbocycles. The van der Waals surface area contributed by atoms with Crippen molar-refractivity contribution in [2.75, 3.05) is 18.8 Å². The first-order valence-electron chi connectivity index (χ1n) is 5.62. The van der Waals surface area contributed by atoms with E-state index < -0.39 is 0 Å². The molecule has 80 valence electrons. The fourth-order valence-electron chi connectivity index (χ4n) is 2.21. The van der Waals surface area contributed by atoms with Crippen LogP contribution in [0.25, 0.3) is 0 Å². The highest BCUT2D eigenvalue weighted by Gasteiger charge is 2.25. The third kappa shape index (κ3) is 1.92. The zero-order valence-electron chi connectivity index (χ0n) is 8.70. The summed E-state index contributed by atoms with van der Waals surface area (Å²) in [5.41, 5.74) is 1.50. The lowest BCUT2D eigenvalue weighted by Crippen LogP contribution is -2.56. The van der Waals surface area contributed by atoms with Crippen LogP contribution in [0, 0.1) is 0 Å². The van der Waals surface area contributed by atoms with Gasteiger partial charge in [-0.05, 0) is 23.8 Å². The highest BCUT2D eigenvalue weighted by Crippen LogP contribution is 2.36. The quantitative estimate of drug-likeness (QED) is 0.794. The molecule has 2 aliphatic rings. The first kappa shape index (κ1) is 9.70. The van der Waals surface area contributed by atoms with Crippen molar-refractivity contribution in [2.24, 2.45) is 0 Å². The molecule has 3 rings (SSSR count). The van der Waals surface area contributed by atoms with E-state index in [-0.39, 0.29) is 0 Å². The van der Waals surface area contributed by atoms with Gasteiger partial charge in [0.25, 0.3) is 0 Å². The Labute approximate surface area is 94.8 Å². The molecule has 2 nitrogen and oxygen atoms in total. The van der Waals surface area contributed by atoms with Gasteiger partial charge in [0, 0.05) is 30.1 Å². The van der Waals surface area contributed by atoms with Crippen molar-refractivity contribution < 1.29 is 0 Å². The lowest BCUT2D eigenvalue weighted by molar-refractivity contribution is 0.323. The van der Waals surface area contributed by atoms with E-state index in [9.17, 15) is 0 Å². The van der Waals surface area contributed by atoms with Crippen LogP contribution in [0.1, 0.15) is 18.0 Å². The Morgan fingerprint density at radius 2 is 2.13 bits per heavy atom. The van der Waals surface area contributed by atoms with E-state index in [0.29, 0.717) is 12.1 Å². The minimum absolute atomic E-state index is 0.578. The van der Waals surface area contributed by atoms with Gasteiger partial charge in [0.15, 0.2) is 0 Å². The Kier molecular flexibility index (Phi) is 2.69. The van der Waals surface area contributed by atoms with E-state index in [2.05, 4.69) is 34.9 Å². The first-order valence-corrected chi connectivity index (χ1v) is 6.60. The van der Waals surface area contributed by atoms with Crippen LogP contribution in [-0.4, -0.2) is 24.9 Å². The molecule has 2 aliphatic heterocycles. The van der Waals surface area contributed by atoms with Crippen LogP contribution in [0.4, 0.5) is 0 Å². The van der Waals surface area contributed by atoms with E-state index in [1.807, 2.05) is 11.8 Å². The SMILES string of the molecule is c1ccc2c(c1)SCCC2NC1CNC1. The maximum absolute atomic E-state index is 3.74. The zero-order valence-corrected chi connectivity index (χ0v) is 9.52. The monoisotopic (exact) mass is 220 g/mol. The third-order valence-corrected chi connectivity index (χ3v) is 4.30. The highest BCUT2D eigenvalue weighted by molar-refractivity contribution is 7.99. The Balaban J connectivity index is 1.79. The number of hydrogen-bond donors (Lipinski definition) is 2. The van der Waals surface area contributed by atoms with E-state index in [1.54, 1.807) is 0 Å². The van der Waals surface area contributed by atoms with Gasteiger partial charge in [-0.15, -0.1) is 11.8 Å². The summed E-state index contributed by atoms with van der Waals surface area (Å²) in [6.07, 6.45) is 1.26. The molecule has 2 heterocycles. The molecule has 0 radical (unpaired) electrons. The molecule has 0 bridgehead atoms. The van der Waals surface area contributed by atoms with Gasteiger partial charge in [-0.2, -0.15) is 0 Å². The van der Waals surface area contributed by atoms with Crippen molar-refractivity contribution in [1.29, 1.82) is 0 Å². The summed E-state index contributed by atoms with van der Waals surface area (Å²) in [5.74, 6) is 1.24. The molecule has 1 unspecified atom stereocenters. The van der Waals surface area contributed by atoms with Crippen LogP contribution in [0.2, 0.25) is 0 Å². The normalized spacial score (nSPS) is 25.7. The van der Waals surface area contributed by atoms with Gasteiger partial charge in [0.05, 0.1) is 0 Å². The van der Waals surface area contributed by atoms with Crippen molar-refractivity contribution in [3.63, 3.8) is 0 Å². The maximum Gasteiger partial charge on any atom is 0.0342 e. The molecule has 1 fully saturated rings. The van der Waals surface area contributed by atoms with Crippen LogP contribution in [0.5, 0.6) is 0 Å². The minimum Gasteiger partial charge on any atom is -0.314 e. The van der Waals surface area contributed by atoms with Crippen LogP contribution in [0.15, 0.2) is 29.2 Å². The summed E-state index contributed by atoms with van der Waals surface area (Å²) in [4.78, 5) is 1.47. The Morgan fingerprint density at radius 3 is 2.93 bits per heavy atom. The summed E-state index contributed by atoms with van der Waals surface area (Å²) in [5, 5.41) is 7.04. The van der Waals surface area contributed by atoms with Crippen molar-refractivity contribution in [1.82, 2.24) is 10.6 Å². The van der Waals surface area contributed by atoms with Gasteiger partial charge in [-0.3, -0.25) is 0 Å². The van der Waals surface area contributed by atoms with Gasteiger partial charge in [0.1, 0.15) is 0 Å². The van der Waals surface area contributed by atoms with Crippen molar-refractivity contribution in [3.8, 4) is 0 Å². The molecular weight excluding hydrogens is 204 g/mol. The van der Waals surface area contributed by atoms with Crippen molar-refractivity contribution in [3.05, 3.63) is 29.8 Å². The van der Waals surface area contributed by atoms with Gasteiger partial charge in [-0.25, -0.2) is 0 Å². The lowest BCUT2D eigenvalue weighted by Gasteiger charge is -2.35. The molecule has 1 atom stereocenters. The minimum atomic E-state index is 0.578. The van der Waals surface area contributed by atoms with Gasteiger partial charge >= 0.3 is 0 Å². The lowest BCUT2D eigenvalue weighted by atomic mass is 10.0. The van der Waals surface area contributed by atoms with E-state index in [1.165, 1.54) is 22.6 Å². The smallest absolute Gasteiger partial charge is 0.0342 e. The fraction of sp³-hybridized carbons (Fsp3) is 0.500. The molecule has 15 heavy (non-hydrogen) atoms. The summed E-state index contributed by atoms with van der Waals surface area (Å²) >= 11 is 1.99. The molecular formula is C12H16N2S. The number of nitrogens with one attached hydrogen (secondary N) is 2. The molecule has 2 N–H and O–H groups in total. The molecule has 0 spiro atoms. The van der Waals surface area contributed by atoms with Crippen LogP contribution >= 0.6 is 11.8 Å². The van der Waals surface area contributed by atoms with Gasteiger partial charge < -0.3 is 10.6 Å². The summed E-state index contributed by atoms with van der Waals surface area (Å²) < 4.78 is 0. The van der Waals surface area contributed by atoms with E-state index >= 15 is 0 Å². The Bertz CT molecular complexity index is 349. The largest absolute Gasteiger partial charge is 0.314 e. The topological polar surface area (TPSA) is 24.1 Å². The fourth-order valence-corrected chi connectivity index (χ4v) is 3.33. The predicted molar refractivity (Wildman–Crippen MR) is 64.3 cm³/mol. The molecule has 0 saturated carbocycles. The number of rotatable bonds is 2. The van der Waals surface area contributed by atoms with Crippen LogP contribution in [0.3, 0.4) is 0 Å². The molecule has 3 heteroatoms. The van der Waals surface area contributed by atoms with Crippen LogP contribution in [-0.2, 0) is 0 Å². The summed E-state index contributed by atoms with van der Waals surface area (Å²) in [7, 11) is 0. The van der Waals surface area contributed by atoms with E-state index in [0.717, 1.165) is 13.1 Å². The van der Waals surface area contributed by atoms with E-state index in [4.69, 9.17) is 0 Å². The Hall–Kier alpha value is -0.510. The van der Waals surface area contributed by atoms with Crippen LogP contribution < -0.4 is 10.6 Å². The van der Waals surface area contributed by atoms with Crippen molar-refractivity contribution in [2.45, 2.75) is 23.4 Å². The number of fused-ring (bicyclic) bond motifs is 1. The van der Waals surface area contributed by atoms with Crippen molar-refractivity contribution >= 4 is 11.8 Å². The third-order valence-electron chi connectivity index (χ3n) is 3.18. The standard InChI is InChI=1S/C12H16N2S/c1-2-4-12-10(3-1)11(5-6-15-12)14-9-7-13-8-9/h1-4,9,11,13-14H,5-8H2. The highest BCUT2D eigenvalue weighted by atomic mass is 32.2.